The maximum atomic E-state index is 14.7. The summed E-state index contributed by atoms with van der Waals surface area (Å²) in [4.78, 5) is 12.2. The van der Waals surface area contributed by atoms with Gasteiger partial charge in [-0.25, -0.2) is 14.4 Å². The van der Waals surface area contributed by atoms with Crippen LogP contribution in [0, 0.1) is 19.7 Å². The average Bonchev–Trinajstić information content (AvgIpc) is 3.16. The van der Waals surface area contributed by atoms with Crippen molar-refractivity contribution in [3.8, 4) is 17.1 Å². The summed E-state index contributed by atoms with van der Waals surface area (Å²) in [5.41, 5.74) is 4.49. The zero-order valence-corrected chi connectivity index (χ0v) is 17.1. The van der Waals surface area contributed by atoms with Crippen LogP contribution in [0.1, 0.15) is 23.7 Å². The van der Waals surface area contributed by atoms with Crippen molar-refractivity contribution in [2.24, 2.45) is 0 Å². The first kappa shape index (κ1) is 19.2. The van der Waals surface area contributed by atoms with Crippen molar-refractivity contribution < 1.29 is 4.39 Å². The van der Waals surface area contributed by atoms with Crippen LogP contribution in [0.5, 0.6) is 0 Å². The lowest BCUT2D eigenvalue weighted by molar-refractivity contribution is 0.559. The normalized spacial score (nSPS) is 11.0. The fourth-order valence-corrected chi connectivity index (χ4v) is 3.76. The maximum Gasteiger partial charge on any atom is 0.202 e. The third kappa shape index (κ3) is 3.75. The van der Waals surface area contributed by atoms with E-state index in [9.17, 15) is 4.39 Å². The van der Waals surface area contributed by atoms with E-state index in [4.69, 9.17) is 0 Å². The predicted molar refractivity (Wildman–Crippen MR) is 110 cm³/mol. The van der Waals surface area contributed by atoms with E-state index in [1.54, 1.807) is 12.4 Å². The smallest absolute Gasteiger partial charge is 0.202 e. The van der Waals surface area contributed by atoms with E-state index in [2.05, 4.69) is 51.1 Å². The minimum Gasteiger partial charge on any atom is -0.270 e. The molecule has 1 aromatic carbocycles. The van der Waals surface area contributed by atoms with Crippen LogP contribution in [0.15, 0.2) is 59.2 Å². The monoisotopic (exact) mass is 406 g/mol. The molecule has 0 unspecified atom stereocenters. The number of benzene rings is 1. The Hall–Kier alpha value is -3.13. The molecular weight excluding hydrogens is 387 g/mol. The molecule has 0 radical (unpaired) electrons. The van der Waals surface area contributed by atoms with Crippen molar-refractivity contribution in [2.45, 2.75) is 37.4 Å². The number of halogens is 1. The van der Waals surface area contributed by atoms with Crippen LogP contribution in [0.3, 0.4) is 0 Å². The Balaban J connectivity index is 1.87. The van der Waals surface area contributed by atoms with Gasteiger partial charge >= 0.3 is 0 Å². The minimum absolute atomic E-state index is 0.232. The fraction of sp³-hybridized carbons (Fsp3) is 0.190. The van der Waals surface area contributed by atoms with Crippen molar-refractivity contribution in [2.75, 3.05) is 0 Å². The first-order chi connectivity index (χ1) is 14.1. The topological polar surface area (TPSA) is 69.4 Å². The fourth-order valence-electron chi connectivity index (χ4n) is 2.91. The van der Waals surface area contributed by atoms with Gasteiger partial charge in [-0.3, -0.25) is 9.55 Å². The molecule has 0 fully saturated rings. The molecule has 0 aliphatic heterocycles. The van der Waals surface area contributed by atoms with E-state index in [-0.39, 0.29) is 5.03 Å². The first-order valence-corrected chi connectivity index (χ1v) is 10.0. The quantitative estimate of drug-likeness (QED) is 0.452. The Labute approximate surface area is 172 Å². The van der Waals surface area contributed by atoms with Crippen molar-refractivity contribution in [3.63, 3.8) is 0 Å². The first-order valence-electron chi connectivity index (χ1n) is 9.19. The van der Waals surface area contributed by atoms with Gasteiger partial charge in [0.05, 0.1) is 11.4 Å². The number of hydrogen-bond acceptors (Lipinski definition) is 6. The molecular formula is C21H19FN6S. The summed E-state index contributed by atoms with van der Waals surface area (Å²) in [6, 6.07) is 9.87. The van der Waals surface area contributed by atoms with Crippen molar-refractivity contribution in [1.29, 1.82) is 0 Å². The standard InChI is InChI=1S/C21H19FN6S/c1-4-17-18(22)20(25-12-24-17)29-21-27-26-19(15-7-9-23-10-8-15)28(21)16-6-5-13(2)14(3)11-16/h5-12H,4H2,1-3H3. The summed E-state index contributed by atoms with van der Waals surface area (Å²) in [5.74, 6) is 0.239. The van der Waals surface area contributed by atoms with Gasteiger partial charge in [-0.15, -0.1) is 10.2 Å². The molecule has 146 valence electrons. The molecule has 4 aromatic rings. The maximum absolute atomic E-state index is 14.7. The van der Waals surface area contributed by atoms with Crippen LogP contribution in [0.4, 0.5) is 4.39 Å². The number of nitrogens with zero attached hydrogens (tertiary/aromatic N) is 6. The molecule has 4 rings (SSSR count). The molecule has 0 saturated heterocycles. The number of rotatable bonds is 5. The highest BCUT2D eigenvalue weighted by atomic mass is 32.2. The molecule has 0 bridgehead atoms. The highest BCUT2D eigenvalue weighted by Gasteiger charge is 2.20. The van der Waals surface area contributed by atoms with Gasteiger partial charge in [0.1, 0.15) is 11.4 Å². The van der Waals surface area contributed by atoms with E-state index >= 15 is 0 Å². The van der Waals surface area contributed by atoms with E-state index in [0.29, 0.717) is 23.1 Å². The summed E-state index contributed by atoms with van der Waals surface area (Å²) in [7, 11) is 0. The number of aryl methyl sites for hydroxylation is 3. The third-order valence-corrected chi connectivity index (χ3v) is 5.60. The number of pyridine rings is 1. The van der Waals surface area contributed by atoms with Crippen LogP contribution in [0.2, 0.25) is 0 Å². The molecule has 0 aliphatic rings. The van der Waals surface area contributed by atoms with Gasteiger partial charge in [0.25, 0.3) is 0 Å². The summed E-state index contributed by atoms with van der Waals surface area (Å²) in [5, 5.41) is 9.48. The SMILES string of the molecule is CCc1ncnc(Sc2nnc(-c3ccncc3)n2-c2ccc(C)c(C)c2)c1F. The van der Waals surface area contributed by atoms with E-state index in [1.165, 1.54) is 11.9 Å². The van der Waals surface area contributed by atoms with Crippen LogP contribution in [-0.4, -0.2) is 29.7 Å². The second-order valence-electron chi connectivity index (χ2n) is 6.54. The molecule has 3 heterocycles. The van der Waals surface area contributed by atoms with Crippen molar-refractivity contribution in [1.82, 2.24) is 29.7 Å². The van der Waals surface area contributed by atoms with Crippen LogP contribution in [-0.2, 0) is 6.42 Å². The third-order valence-electron chi connectivity index (χ3n) is 4.67. The predicted octanol–water partition coefficient (Wildman–Crippen LogP) is 4.59. The second kappa shape index (κ2) is 8.08. The van der Waals surface area contributed by atoms with Gasteiger partial charge in [0.15, 0.2) is 11.6 Å². The summed E-state index contributed by atoms with van der Waals surface area (Å²) in [6.45, 7) is 5.98. The summed E-state index contributed by atoms with van der Waals surface area (Å²) in [6.07, 6.45) is 5.29. The van der Waals surface area contributed by atoms with Crippen LogP contribution < -0.4 is 0 Å². The highest BCUT2D eigenvalue weighted by molar-refractivity contribution is 7.99. The minimum atomic E-state index is -0.417. The molecule has 0 saturated carbocycles. The summed E-state index contributed by atoms with van der Waals surface area (Å²) >= 11 is 1.14. The zero-order valence-electron chi connectivity index (χ0n) is 16.3. The average molecular weight is 406 g/mol. The Morgan fingerprint density at radius 2 is 1.79 bits per heavy atom. The van der Waals surface area contributed by atoms with Gasteiger partial charge < -0.3 is 0 Å². The second-order valence-corrected chi connectivity index (χ2v) is 7.50. The molecule has 0 N–H and O–H groups in total. The van der Waals surface area contributed by atoms with Gasteiger partial charge in [-0.2, -0.15) is 0 Å². The molecule has 8 heteroatoms. The molecule has 0 spiro atoms. The largest absolute Gasteiger partial charge is 0.270 e. The van der Waals surface area contributed by atoms with Crippen LogP contribution >= 0.6 is 11.8 Å². The Morgan fingerprint density at radius 1 is 1.00 bits per heavy atom. The van der Waals surface area contributed by atoms with Gasteiger partial charge in [0.2, 0.25) is 5.16 Å². The Kier molecular flexibility index (Phi) is 5.35. The lowest BCUT2D eigenvalue weighted by Gasteiger charge is -2.12. The summed E-state index contributed by atoms with van der Waals surface area (Å²) < 4.78 is 16.6. The zero-order chi connectivity index (χ0) is 20.4. The molecule has 0 aliphatic carbocycles. The van der Waals surface area contributed by atoms with E-state index in [0.717, 1.165) is 28.6 Å². The Morgan fingerprint density at radius 3 is 2.52 bits per heavy atom. The molecule has 0 amide bonds. The highest BCUT2D eigenvalue weighted by Crippen LogP contribution is 2.33. The van der Waals surface area contributed by atoms with Gasteiger partial charge in [-0.1, -0.05) is 13.0 Å². The van der Waals surface area contributed by atoms with Crippen molar-refractivity contribution >= 4 is 11.8 Å². The molecule has 6 nitrogen and oxygen atoms in total. The molecule has 3 aromatic heterocycles. The lowest BCUT2D eigenvalue weighted by atomic mass is 10.1. The van der Waals surface area contributed by atoms with Gasteiger partial charge in [0, 0.05) is 18.0 Å². The van der Waals surface area contributed by atoms with E-state index in [1.807, 2.05) is 29.7 Å². The van der Waals surface area contributed by atoms with Gasteiger partial charge in [-0.05, 0) is 67.4 Å². The number of aromatic nitrogens is 6. The lowest BCUT2D eigenvalue weighted by Crippen LogP contribution is -2.02. The Bertz CT molecular complexity index is 1160. The van der Waals surface area contributed by atoms with Crippen LogP contribution in [0.25, 0.3) is 17.1 Å². The molecule has 0 atom stereocenters. The van der Waals surface area contributed by atoms with Crippen molar-refractivity contribution in [3.05, 3.63) is 71.7 Å². The van der Waals surface area contributed by atoms with E-state index < -0.39 is 5.82 Å². The molecule has 29 heavy (non-hydrogen) atoms. The number of hydrogen-bond donors (Lipinski definition) is 0.